The summed E-state index contributed by atoms with van der Waals surface area (Å²) >= 11 is 0. The molecule has 1 aliphatic rings. The zero-order chi connectivity index (χ0) is 18.2. The molecule has 132 valence electrons. The van der Waals surface area contributed by atoms with Gasteiger partial charge in [-0.1, -0.05) is 12.1 Å². The van der Waals surface area contributed by atoms with Gasteiger partial charge in [0.05, 0.1) is 16.3 Å². The first-order valence-corrected chi connectivity index (χ1v) is 10.1. The van der Waals surface area contributed by atoms with Gasteiger partial charge in [-0.05, 0) is 49.7 Å². The fourth-order valence-corrected chi connectivity index (χ4v) is 3.78. The van der Waals surface area contributed by atoms with Crippen molar-refractivity contribution < 1.29 is 13.2 Å². The first kappa shape index (κ1) is 17.5. The molecule has 1 aliphatic heterocycles. The van der Waals surface area contributed by atoms with E-state index in [2.05, 4.69) is 4.90 Å². The van der Waals surface area contributed by atoms with Crippen LogP contribution in [0.1, 0.15) is 23.7 Å². The number of fused-ring (bicyclic) bond motifs is 1. The van der Waals surface area contributed by atoms with Gasteiger partial charge in [0.25, 0.3) is 5.91 Å². The highest BCUT2D eigenvalue weighted by Crippen LogP contribution is 2.34. The molecule has 2 aromatic carbocycles. The molecule has 3 rings (SSSR count). The van der Waals surface area contributed by atoms with Crippen molar-refractivity contribution in [3.8, 4) is 0 Å². The second kappa shape index (κ2) is 6.52. The van der Waals surface area contributed by atoms with E-state index in [-0.39, 0.29) is 16.8 Å². The van der Waals surface area contributed by atoms with E-state index in [0.717, 1.165) is 30.6 Å². The molecule has 0 saturated heterocycles. The predicted molar refractivity (Wildman–Crippen MR) is 100 cm³/mol. The molecule has 5 nitrogen and oxygen atoms in total. The van der Waals surface area contributed by atoms with Crippen LogP contribution in [0, 0.1) is 0 Å². The van der Waals surface area contributed by atoms with Crippen LogP contribution in [0.3, 0.4) is 0 Å². The summed E-state index contributed by atoms with van der Waals surface area (Å²) in [6, 6.07) is 14.1. The topological polar surface area (TPSA) is 57.7 Å². The Morgan fingerprint density at radius 1 is 1.04 bits per heavy atom. The summed E-state index contributed by atoms with van der Waals surface area (Å²) in [7, 11) is -1.25. The third-order valence-corrected chi connectivity index (χ3v) is 5.75. The molecule has 0 aromatic heterocycles. The Hall–Kier alpha value is -2.34. The van der Waals surface area contributed by atoms with E-state index >= 15 is 0 Å². The van der Waals surface area contributed by atoms with Crippen molar-refractivity contribution in [3.63, 3.8) is 0 Å². The molecular formula is C19H22N2O3S. The molecule has 0 N–H and O–H groups in total. The second-order valence-corrected chi connectivity index (χ2v) is 8.54. The van der Waals surface area contributed by atoms with Gasteiger partial charge in [0.15, 0.2) is 9.84 Å². The fraction of sp³-hybridized carbons (Fsp3) is 0.316. The maximum absolute atomic E-state index is 13.2. The summed E-state index contributed by atoms with van der Waals surface area (Å²) in [5, 5.41) is 0. The van der Waals surface area contributed by atoms with Crippen molar-refractivity contribution in [1.82, 2.24) is 0 Å². The Morgan fingerprint density at radius 2 is 1.64 bits per heavy atom. The molecule has 0 aliphatic carbocycles. The quantitative estimate of drug-likeness (QED) is 0.828. The number of sulfone groups is 1. The summed E-state index contributed by atoms with van der Waals surface area (Å²) in [5.74, 6) is -0.115. The van der Waals surface area contributed by atoms with Crippen LogP contribution in [0.5, 0.6) is 0 Å². The normalized spacial score (nSPS) is 17.8. The van der Waals surface area contributed by atoms with Gasteiger partial charge in [-0.15, -0.1) is 0 Å². The lowest BCUT2D eigenvalue weighted by Gasteiger charge is -2.28. The minimum atomic E-state index is -3.27. The highest BCUT2D eigenvalue weighted by atomic mass is 32.2. The lowest BCUT2D eigenvalue weighted by molar-refractivity contribution is 0.0978. The standard InChI is InChI=1S/C19H22N2O3S/c1-14-12-13-20(2)17-6-4-5-7-18(17)21(14)19(22)15-8-10-16(11-9-15)25(3,23)24/h4-11,14H,12-13H2,1-3H3. The largest absolute Gasteiger partial charge is 0.373 e. The van der Waals surface area contributed by atoms with Gasteiger partial charge in [0.2, 0.25) is 0 Å². The molecule has 1 atom stereocenters. The van der Waals surface area contributed by atoms with E-state index in [1.165, 1.54) is 12.1 Å². The lowest BCUT2D eigenvalue weighted by atomic mass is 10.1. The van der Waals surface area contributed by atoms with Crippen LogP contribution in [0.4, 0.5) is 11.4 Å². The van der Waals surface area contributed by atoms with Crippen molar-refractivity contribution >= 4 is 27.1 Å². The zero-order valence-corrected chi connectivity index (χ0v) is 15.5. The Labute approximate surface area is 148 Å². The lowest BCUT2D eigenvalue weighted by Crippen LogP contribution is -2.38. The van der Waals surface area contributed by atoms with Gasteiger partial charge in [-0.3, -0.25) is 4.79 Å². The second-order valence-electron chi connectivity index (χ2n) is 6.52. The predicted octanol–water partition coefficient (Wildman–Crippen LogP) is 2.97. The molecule has 0 spiro atoms. The molecular weight excluding hydrogens is 336 g/mol. The van der Waals surface area contributed by atoms with Crippen LogP contribution >= 0.6 is 0 Å². The first-order valence-electron chi connectivity index (χ1n) is 8.23. The molecule has 1 unspecified atom stereocenters. The molecule has 25 heavy (non-hydrogen) atoms. The molecule has 1 amide bonds. The van der Waals surface area contributed by atoms with Gasteiger partial charge in [-0.2, -0.15) is 0 Å². The van der Waals surface area contributed by atoms with Crippen LogP contribution < -0.4 is 9.80 Å². The van der Waals surface area contributed by atoms with Crippen LogP contribution in [-0.4, -0.2) is 40.2 Å². The monoisotopic (exact) mass is 358 g/mol. The van der Waals surface area contributed by atoms with Crippen molar-refractivity contribution in [2.45, 2.75) is 24.3 Å². The third kappa shape index (κ3) is 3.39. The molecule has 6 heteroatoms. The van der Waals surface area contributed by atoms with E-state index in [4.69, 9.17) is 0 Å². The van der Waals surface area contributed by atoms with Crippen LogP contribution in [-0.2, 0) is 9.84 Å². The number of nitrogens with zero attached hydrogens (tertiary/aromatic N) is 2. The average molecular weight is 358 g/mol. The Balaban J connectivity index is 2.02. The van der Waals surface area contributed by atoms with E-state index in [1.54, 1.807) is 12.1 Å². The Bertz CT molecular complexity index is 891. The number of anilines is 2. The highest BCUT2D eigenvalue weighted by Gasteiger charge is 2.29. The maximum atomic E-state index is 13.2. The number of carbonyl (C=O) groups excluding carboxylic acids is 1. The van der Waals surface area contributed by atoms with E-state index in [9.17, 15) is 13.2 Å². The van der Waals surface area contributed by atoms with Crippen molar-refractivity contribution in [1.29, 1.82) is 0 Å². The zero-order valence-electron chi connectivity index (χ0n) is 14.6. The van der Waals surface area contributed by atoms with Crippen LogP contribution in [0.15, 0.2) is 53.4 Å². The summed E-state index contributed by atoms with van der Waals surface area (Å²) < 4.78 is 23.2. The fourth-order valence-electron chi connectivity index (χ4n) is 3.15. The van der Waals surface area contributed by atoms with Gasteiger partial charge in [-0.25, -0.2) is 8.42 Å². The van der Waals surface area contributed by atoms with Gasteiger partial charge in [0, 0.05) is 31.5 Å². The van der Waals surface area contributed by atoms with E-state index in [1.807, 2.05) is 43.1 Å². The van der Waals surface area contributed by atoms with Crippen LogP contribution in [0.2, 0.25) is 0 Å². The molecule has 1 heterocycles. The van der Waals surface area contributed by atoms with Crippen molar-refractivity contribution in [2.24, 2.45) is 0 Å². The molecule has 2 aromatic rings. The van der Waals surface area contributed by atoms with Crippen LogP contribution in [0.25, 0.3) is 0 Å². The summed E-state index contributed by atoms with van der Waals surface area (Å²) in [6.07, 6.45) is 2.02. The number of amides is 1. The summed E-state index contributed by atoms with van der Waals surface area (Å²) in [6.45, 7) is 2.91. The van der Waals surface area contributed by atoms with Crippen molar-refractivity contribution in [3.05, 3.63) is 54.1 Å². The SMILES string of the molecule is CC1CCN(C)c2ccccc2N1C(=O)c1ccc(S(C)(=O)=O)cc1. The minimum Gasteiger partial charge on any atom is -0.373 e. The molecule has 0 saturated carbocycles. The van der Waals surface area contributed by atoms with Gasteiger partial charge >= 0.3 is 0 Å². The number of benzene rings is 2. The number of rotatable bonds is 2. The highest BCUT2D eigenvalue weighted by molar-refractivity contribution is 7.90. The summed E-state index contributed by atoms with van der Waals surface area (Å²) in [4.78, 5) is 17.3. The Kier molecular flexibility index (Phi) is 4.56. The Morgan fingerprint density at radius 3 is 2.24 bits per heavy atom. The van der Waals surface area contributed by atoms with Crippen molar-refractivity contribution in [2.75, 3.05) is 29.6 Å². The smallest absolute Gasteiger partial charge is 0.258 e. The maximum Gasteiger partial charge on any atom is 0.258 e. The van der Waals surface area contributed by atoms with Gasteiger partial charge < -0.3 is 9.80 Å². The summed E-state index contributed by atoms with van der Waals surface area (Å²) in [5.41, 5.74) is 2.39. The number of hydrogen-bond acceptors (Lipinski definition) is 4. The molecule has 0 bridgehead atoms. The van der Waals surface area contributed by atoms with Gasteiger partial charge in [0.1, 0.15) is 0 Å². The number of para-hydroxylation sites is 2. The third-order valence-electron chi connectivity index (χ3n) is 4.62. The number of carbonyl (C=O) groups is 1. The molecule has 0 fully saturated rings. The first-order chi connectivity index (χ1) is 11.8. The minimum absolute atomic E-state index is 0.0492. The van der Waals surface area contributed by atoms with E-state index < -0.39 is 9.84 Å². The average Bonchev–Trinajstić information content (AvgIpc) is 2.71. The van der Waals surface area contributed by atoms with E-state index in [0.29, 0.717) is 5.56 Å². The number of hydrogen-bond donors (Lipinski definition) is 0. The molecule has 0 radical (unpaired) electrons.